The van der Waals surface area contributed by atoms with Crippen LogP contribution >= 0.6 is 0 Å². The normalized spacial score (nSPS) is 12.1. The van der Waals surface area contributed by atoms with Gasteiger partial charge in [0.25, 0.3) is 11.8 Å². The van der Waals surface area contributed by atoms with E-state index in [1.54, 1.807) is 0 Å². The molecule has 0 spiro atoms. The lowest BCUT2D eigenvalue weighted by Crippen LogP contribution is -2.36. The molecule has 0 aromatic heterocycles. The van der Waals surface area contributed by atoms with Crippen LogP contribution in [-0.4, -0.2) is 31.1 Å². The first-order chi connectivity index (χ1) is 16.8. The molecule has 7 heteroatoms. The maximum Gasteiger partial charge on any atom is 0.257 e. The third-order valence-electron chi connectivity index (χ3n) is 5.60. The summed E-state index contributed by atoms with van der Waals surface area (Å²) in [5.41, 5.74) is 2.18. The average molecular weight is 475 g/mol. The zero-order chi connectivity index (χ0) is 25.4. The van der Waals surface area contributed by atoms with Gasteiger partial charge < -0.3 is 25.2 Å². The van der Waals surface area contributed by atoms with Crippen molar-refractivity contribution in [3.05, 3.63) is 95.1 Å². The molecule has 2 atom stereocenters. The Bertz CT molecular complexity index is 1110. The van der Waals surface area contributed by atoms with Gasteiger partial charge in [0.1, 0.15) is 5.57 Å². The predicted molar refractivity (Wildman–Crippen MR) is 135 cm³/mol. The first kappa shape index (κ1) is 25.4. The third-order valence-corrected chi connectivity index (χ3v) is 5.60. The second-order valence-electron chi connectivity index (χ2n) is 8.04. The number of ether oxygens (including phenoxy) is 2. The van der Waals surface area contributed by atoms with Crippen molar-refractivity contribution in [3.8, 4) is 17.2 Å². The Morgan fingerprint density at radius 3 is 1.54 bits per heavy atom. The molecule has 0 aliphatic heterocycles. The number of carbonyl (C=O) groups excluding carboxylic acids is 2. The molecular weight excluding hydrogens is 444 g/mol. The van der Waals surface area contributed by atoms with Crippen LogP contribution in [0.25, 0.3) is 6.08 Å². The number of phenols is 1. The third kappa shape index (κ3) is 6.41. The Balaban J connectivity index is 1.96. The number of hydrogen-bond acceptors (Lipinski definition) is 5. The summed E-state index contributed by atoms with van der Waals surface area (Å²) >= 11 is 0. The number of nitrogens with one attached hydrogen (secondary N) is 2. The summed E-state index contributed by atoms with van der Waals surface area (Å²) in [7, 11) is 2.82. The number of rotatable bonds is 9. The maximum absolute atomic E-state index is 13.3. The number of hydrogen-bond donors (Lipinski definition) is 3. The van der Waals surface area contributed by atoms with Gasteiger partial charge in [-0.15, -0.1) is 0 Å². The Hall–Kier alpha value is -4.26. The van der Waals surface area contributed by atoms with Crippen LogP contribution in [0, 0.1) is 0 Å². The van der Waals surface area contributed by atoms with Crippen molar-refractivity contribution < 1.29 is 24.2 Å². The molecule has 0 fully saturated rings. The van der Waals surface area contributed by atoms with E-state index in [1.807, 2.05) is 74.5 Å². The van der Waals surface area contributed by atoms with Crippen LogP contribution in [0.3, 0.4) is 0 Å². The Kier molecular flexibility index (Phi) is 8.51. The summed E-state index contributed by atoms with van der Waals surface area (Å²) in [4.78, 5) is 26.6. The molecule has 2 unspecified atom stereocenters. The molecule has 0 saturated heterocycles. The molecular formula is C28H30N2O5. The average Bonchev–Trinajstić information content (AvgIpc) is 2.88. The van der Waals surface area contributed by atoms with E-state index in [2.05, 4.69) is 10.6 Å². The van der Waals surface area contributed by atoms with Crippen molar-refractivity contribution in [2.45, 2.75) is 25.9 Å². The summed E-state index contributed by atoms with van der Waals surface area (Å²) in [5, 5.41) is 16.0. The first-order valence-electron chi connectivity index (χ1n) is 11.2. The van der Waals surface area contributed by atoms with Crippen LogP contribution in [0.1, 0.15) is 42.6 Å². The van der Waals surface area contributed by atoms with Crippen LogP contribution in [0.2, 0.25) is 0 Å². The molecule has 3 rings (SSSR count). The van der Waals surface area contributed by atoms with E-state index >= 15 is 0 Å². The van der Waals surface area contributed by atoms with Crippen molar-refractivity contribution in [1.29, 1.82) is 0 Å². The topological polar surface area (TPSA) is 96.9 Å². The summed E-state index contributed by atoms with van der Waals surface area (Å²) in [6.45, 7) is 3.70. The van der Waals surface area contributed by atoms with Crippen molar-refractivity contribution in [3.63, 3.8) is 0 Å². The quantitative estimate of drug-likeness (QED) is 0.240. The second kappa shape index (κ2) is 11.7. The van der Waals surface area contributed by atoms with E-state index in [0.29, 0.717) is 5.56 Å². The van der Waals surface area contributed by atoms with Crippen LogP contribution < -0.4 is 20.1 Å². The fourth-order valence-corrected chi connectivity index (χ4v) is 3.60. The minimum Gasteiger partial charge on any atom is -0.502 e. The smallest absolute Gasteiger partial charge is 0.257 e. The molecule has 0 radical (unpaired) electrons. The van der Waals surface area contributed by atoms with E-state index in [9.17, 15) is 14.7 Å². The standard InChI is InChI=1S/C28H30N2O5/c1-18(21-11-7-5-8-12-21)29-27(32)23(28(33)30-19(2)22-13-9-6-10-14-22)15-20-16-24(34-3)26(31)25(17-20)35-4/h5-19,31H,1-4H3,(H,29,32)(H,30,33). The van der Waals surface area contributed by atoms with Crippen LogP contribution in [0.5, 0.6) is 17.2 Å². The van der Waals surface area contributed by atoms with Crippen molar-refractivity contribution in [1.82, 2.24) is 10.6 Å². The molecule has 2 amide bonds. The summed E-state index contributed by atoms with van der Waals surface area (Å²) in [5.74, 6) is -0.926. The van der Waals surface area contributed by atoms with Gasteiger partial charge >= 0.3 is 0 Å². The maximum atomic E-state index is 13.3. The fraction of sp³-hybridized carbons (Fsp3) is 0.214. The van der Waals surface area contributed by atoms with Gasteiger partial charge in [0.2, 0.25) is 5.75 Å². The van der Waals surface area contributed by atoms with Gasteiger partial charge in [-0.3, -0.25) is 9.59 Å². The number of benzene rings is 3. The van der Waals surface area contributed by atoms with E-state index in [0.717, 1.165) is 11.1 Å². The molecule has 0 aliphatic carbocycles. The summed E-state index contributed by atoms with van der Waals surface area (Å²) < 4.78 is 10.4. The zero-order valence-electron chi connectivity index (χ0n) is 20.2. The summed E-state index contributed by atoms with van der Waals surface area (Å²) in [6.07, 6.45) is 1.45. The number of methoxy groups -OCH3 is 2. The van der Waals surface area contributed by atoms with Crippen LogP contribution in [-0.2, 0) is 9.59 Å². The van der Waals surface area contributed by atoms with Crippen LogP contribution in [0.15, 0.2) is 78.4 Å². The minimum absolute atomic E-state index is 0.0923. The number of aromatic hydroxyl groups is 1. The van der Waals surface area contributed by atoms with Gasteiger partial charge in [-0.2, -0.15) is 0 Å². The molecule has 0 bridgehead atoms. The molecule has 3 aromatic rings. The van der Waals surface area contributed by atoms with Crippen LogP contribution in [0.4, 0.5) is 0 Å². The Labute approximate surface area is 205 Å². The Morgan fingerprint density at radius 2 is 1.17 bits per heavy atom. The van der Waals surface area contributed by atoms with E-state index in [1.165, 1.54) is 32.4 Å². The number of amides is 2. The molecule has 0 saturated carbocycles. The van der Waals surface area contributed by atoms with Crippen molar-refractivity contribution >= 4 is 17.9 Å². The van der Waals surface area contributed by atoms with E-state index in [-0.39, 0.29) is 34.9 Å². The molecule has 35 heavy (non-hydrogen) atoms. The highest BCUT2D eigenvalue weighted by Gasteiger charge is 2.23. The lowest BCUT2D eigenvalue weighted by atomic mass is 10.0. The highest BCUT2D eigenvalue weighted by Crippen LogP contribution is 2.37. The summed E-state index contributed by atoms with van der Waals surface area (Å²) in [6, 6.07) is 21.4. The molecule has 3 N–H and O–H groups in total. The molecule has 182 valence electrons. The molecule has 7 nitrogen and oxygen atoms in total. The van der Waals surface area contributed by atoms with Gasteiger partial charge in [-0.1, -0.05) is 60.7 Å². The molecule has 3 aromatic carbocycles. The minimum atomic E-state index is -0.537. The number of carbonyl (C=O) groups is 2. The van der Waals surface area contributed by atoms with Crippen molar-refractivity contribution in [2.75, 3.05) is 14.2 Å². The van der Waals surface area contributed by atoms with E-state index < -0.39 is 11.8 Å². The first-order valence-corrected chi connectivity index (χ1v) is 11.2. The number of phenolic OH excluding ortho intramolecular Hbond substituents is 1. The highest BCUT2D eigenvalue weighted by atomic mass is 16.5. The molecule has 0 heterocycles. The largest absolute Gasteiger partial charge is 0.502 e. The Morgan fingerprint density at radius 1 is 0.771 bits per heavy atom. The predicted octanol–water partition coefficient (Wildman–Crippen LogP) is 4.55. The highest BCUT2D eigenvalue weighted by molar-refractivity contribution is 6.21. The lowest BCUT2D eigenvalue weighted by Gasteiger charge is -2.19. The SMILES string of the molecule is COc1cc(C=C(C(=O)NC(C)c2ccccc2)C(=O)NC(C)c2ccccc2)cc(OC)c1O. The van der Waals surface area contributed by atoms with Gasteiger partial charge in [0.05, 0.1) is 26.3 Å². The van der Waals surface area contributed by atoms with Crippen molar-refractivity contribution in [2.24, 2.45) is 0 Å². The van der Waals surface area contributed by atoms with Gasteiger partial charge in [-0.25, -0.2) is 0 Å². The monoisotopic (exact) mass is 474 g/mol. The second-order valence-corrected chi connectivity index (χ2v) is 8.04. The fourth-order valence-electron chi connectivity index (χ4n) is 3.60. The van der Waals surface area contributed by atoms with E-state index in [4.69, 9.17) is 9.47 Å². The molecule has 0 aliphatic rings. The van der Waals surface area contributed by atoms with Gasteiger partial charge in [-0.05, 0) is 48.7 Å². The zero-order valence-corrected chi connectivity index (χ0v) is 20.2. The van der Waals surface area contributed by atoms with Gasteiger partial charge in [0, 0.05) is 0 Å². The van der Waals surface area contributed by atoms with Gasteiger partial charge in [0.15, 0.2) is 11.5 Å². The lowest BCUT2D eigenvalue weighted by molar-refractivity contribution is -0.124.